The lowest BCUT2D eigenvalue weighted by atomic mass is 10.1. The minimum atomic E-state index is -2.27. The number of hydrogen-bond donors (Lipinski definition) is 2. The number of hydrogen-bond acceptors (Lipinski definition) is 2. The van der Waals surface area contributed by atoms with Crippen LogP contribution in [0.5, 0.6) is 0 Å². The van der Waals surface area contributed by atoms with Gasteiger partial charge in [0, 0.05) is 12.1 Å². The molecule has 0 bridgehead atoms. The van der Waals surface area contributed by atoms with Crippen molar-refractivity contribution >= 4 is 0 Å². The molecule has 68 valence electrons. The third-order valence-electron chi connectivity index (χ3n) is 1.35. The quantitative estimate of drug-likeness (QED) is 0.638. The van der Waals surface area contributed by atoms with Gasteiger partial charge < -0.3 is 11.1 Å². The van der Waals surface area contributed by atoms with Crippen molar-refractivity contribution in [2.75, 3.05) is 6.54 Å². The van der Waals surface area contributed by atoms with Gasteiger partial charge in [-0.1, -0.05) is 0 Å². The Morgan fingerprint density at radius 2 is 1.91 bits per heavy atom. The predicted octanol–water partition coefficient (Wildman–Crippen LogP) is 0.967. The van der Waals surface area contributed by atoms with Crippen molar-refractivity contribution < 1.29 is 8.78 Å². The van der Waals surface area contributed by atoms with Gasteiger partial charge >= 0.3 is 0 Å². The summed E-state index contributed by atoms with van der Waals surface area (Å²) in [5.41, 5.74) is 5.47. The number of halogens is 2. The van der Waals surface area contributed by atoms with E-state index in [1.54, 1.807) is 0 Å². The van der Waals surface area contributed by atoms with Crippen LogP contribution in [0.15, 0.2) is 0 Å². The molecular formula is C7H16F2N2. The molecule has 0 heterocycles. The van der Waals surface area contributed by atoms with Gasteiger partial charge in [0.05, 0.1) is 6.54 Å². The summed E-state index contributed by atoms with van der Waals surface area (Å²) in [6.07, 6.45) is -1.54. The molecule has 0 aromatic rings. The smallest absolute Gasteiger partial charge is 0.250 e. The van der Waals surface area contributed by atoms with E-state index in [0.29, 0.717) is 0 Å². The molecule has 11 heavy (non-hydrogen) atoms. The summed E-state index contributed by atoms with van der Waals surface area (Å²) >= 11 is 0. The zero-order valence-electron chi connectivity index (χ0n) is 6.98. The van der Waals surface area contributed by atoms with Gasteiger partial charge in [0.25, 0.3) is 6.43 Å². The molecule has 0 fully saturated rings. The molecule has 0 aromatic heterocycles. The van der Waals surface area contributed by atoms with E-state index in [0.717, 1.165) is 6.42 Å². The van der Waals surface area contributed by atoms with Crippen molar-refractivity contribution in [2.45, 2.75) is 38.8 Å². The van der Waals surface area contributed by atoms with Gasteiger partial charge in [-0.25, -0.2) is 8.78 Å². The Labute approximate surface area is 66.1 Å². The van der Waals surface area contributed by atoms with E-state index < -0.39 is 6.43 Å². The average Bonchev–Trinajstić information content (AvgIpc) is 1.82. The van der Waals surface area contributed by atoms with E-state index in [-0.39, 0.29) is 18.6 Å². The summed E-state index contributed by atoms with van der Waals surface area (Å²) in [5.74, 6) is 0. The monoisotopic (exact) mass is 166 g/mol. The summed E-state index contributed by atoms with van der Waals surface area (Å²) in [4.78, 5) is 0. The summed E-state index contributed by atoms with van der Waals surface area (Å²) < 4.78 is 23.3. The van der Waals surface area contributed by atoms with Crippen LogP contribution in [0.25, 0.3) is 0 Å². The fraction of sp³-hybridized carbons (Fsp3) is 1.00. The first-order chi connectivity index (χ1) is 5.02. The highest BCUT2D eigenvalue weighted by Gasteiger charge is 2.07. The maximum atomic E-state index is 11.6. The van der Waals surface area contributed by atoms with E-state index in [4.69, 9.17) is 5.73 Å². The van der Waals surface area contributed by atoms with Gasteiger partial charge in [-0.3, -0.25) is 0 Å². The molecule has 0 saturated carbocycles. The fourth-order valence-electron chi connectivity index (χ4n) is 0.931. The molecule has 4 heteroatoms. The molecule has 0 aliphatic carbocycles. The number of nitrogens with one attached hydrogen (secondary N) is 1. The Hall–Kier alpha value is -0.220. The molecule has 0 saturated heterocycles. The van der Waals surface area contributed by atoms with Gasteiger partial charge in [-0.05, 0) is 20.3 Å². The minimum Gasteiger partial charge on any atom is -0.328 e. The van der Waals surface area contributed by atoms with E-state index in [2.05, 4.69) is 5.32 Å². The normalized spacial score (nSPS) is 16.9. The zero-order chi connectivity index (χ0) is 8.85. The molecule has 0 aliphatic rings. The first kappa shape index (κ1) is 10.8. The molecule has 3 N–H and O–H groups in total. The average molecular weight is 166 g/mol. The lowest BCUT2D eigenvalue weighted by molar-refractivity contribution is 0.141. The second-order valence-electron chi connectivity index (χ2n) is 2.91. The lowest BCUT2D eigenvalue weighted by Crippen LogP contribution is -2.35. The second-order valence-corrected chi connectivity index (χ2v) is 2.91. The summed E-state index contributed by atoms with van der Waals surface area (Å²) in [5, 5.41) is 2.68. The van der Waals surface area contributed by atoms with Crippen molar-refractivity contribution in [1.82, 2.24) is 5.32 Å². The van der Waals surface area contributed by atoms with Crippen LogP contribution in [0.2, 0.25) is 0 Å². The van der Waals surface area contributed by atoms with Crippen molar-refractivity contribution in [3.05, 3.63) is 0 Å². The second kappa shape index (κ2) is 5.43. The van der Waals surface area contributed by atoms with E-state index in [1.165, 1.54) is 0 Å². The van der Waals surface area contributed by atoms with Gasteiger partial charge in [0.2, 0.25) is 0 Å². The molecule has 2 atom stereocenters. The third-order valence-corrected chi connectivity index (χ3v) is 1.35. The highest BCUT2D eigenvalue weighted by atomic mass is 19.3. The van der Waals surface area contributed by atoms with Crippen LogP contribution in [-0.4, -0.2) is 25.1 Å². The Morgan fingerprint density at radius 1 is 1.36 bits per heavy atom. The van der Waals surface area contributed by atoms with Crippen LogP contribution in [-0.2, 0) is 0 Å². The number of alkyl halides is 2. The molecule has 0 aromatic carbocycles. The van der Waals surface area contributed by atoms with Crippen LogP contribution in [0.3, 0.4) is 0 Å². The minimum absolute atomic E-state index is 0.0650. The molecule has 2 unspecified atom stereocenters. The van der Waals surface area contributed by atoms with Gasteiger partial charge in [0.1, 0.15) is 0 Å². The van der Waals surface area contributed by atoms with Crippen LogP contribution in [0.1, 0.15) is 20.3 Å². The Kier molecular flexibility index (Phi) is 5.32. The van der Waals surface area contributed by atoms with Gasteiger partial charge in [-0.2, -0.15) is 0 Å². The third kappa shape index (κ3) is 7.68. The molecular weight excluding hydrogens is 150 g/mol. The Morgan fingerprint density at radius 3 is 2.27 bits per heavy atom. The standard InChI is InChI=1S/C7H16F2N2/c1-5(10)3-6(2)11-4-7(8)9/h5-7,11H,3-4,10H2,1-2H3. The lowest BCUT2D eigenvalue weighted by Gasteiger charge is -2.15. The van der Waals surface area contributed by atoms with Crippen LogP contribution < -0.4 is 11.1 Å². The van der Waals surface area contributed by atoms with Crippen LogP contribution in [0.4, 0.5) is 8.78 Å². The zero-order valence-corrected chi connectivity index (χ0v) is 6.98. The maximum absolute atomic E-state index is 11.6. The number of rotatable bonds is 5. The largest absolute Gasteiger partial charge is 0.328 e. The fourth-order valence-corrected chi connectivity index (χ4v) is 0.931. The summed E-state index contributed by atoms with van der Waals surface area (Å²) in [6, 6.07) is 0.138. The highest BCUT2D eigenvalue weighted by Crippen LogP contribution is 1.96. The predicted molar refractivity (Wildman–Crippen MR) is 41.7 cm³/mol. The first-order valence-corrected chi connectivity index (χ1v) is 3.79. The van der Waals surface area contributed by atoms with Gasteiger partial charge in [0.15, 0.2) is 0 Å². The highest BCUT2D eigenvalue weighted by molar-refractivity contribution is 4.66. The van der Waals surface area contributed by atoms with Crippen LogP contribution in [0, 0.1) is 0 Å². The number of nitrogens with two attached hydrogens (primary N) is 1. The molecule has 0 rings (SSSR count). The summed E-state index contributed by atoms with van der Waals surface area (Å²) in [6.45, 7) is 3.47. The molecule has 0 spiro atoms. The van der Waals surface area contributed by atoms with Crippen LogP contribution >= 0.6 is 0 Å². The van der Waals surface area contributed by atoms with E-state index >= 15 is 0 Å². The maximum Gasteiger partial charge on any atom is 0.250 e. The van der Waals surface area contributed by atoms with Crippen molar-refractivity contribution in [2.24, 2.45) is 5.73 Å². The first-order valence-electron chi connectivity index (χ1n) is 3.79. The Balaban J connectivity index is 3.29. The molecule has 0 amide bonds. The van der Waals surface area contributed by atoms with Gasteiger partial charge in [-0.15, -0.1) is 0 Å². The van der Waals surface area contributed by atoms with Crippen molar-refractivity contribution in [1.29, 1.82) is 0 Å². The molecule has 0 aliphatic heterocycles. The van der Waals surface area contributed by atoms with E-state index in [1.807, 2.05) is 13.8 Å². The SMILES string of the molecule is CC(N)CC(C)NCC(F)F. The molecule has 0 radical (unpaired) electrons. The topological polar surface area (TPSA) is 38.0 Å². The van der Waals surface area contributed by atoms with E-state index in [9.17, 15) is 8.78 Å². The summed E-state index contributed by atoms with van der Waals surface area (Å²) in [7, 11) is 0. The van der Waals surface area contributed by atoms with Crippen molar-refractivity contribution in [3.8, 4) is 0 Å². The molecule has 2 nitrogen and oxygen atoms in total. The van der Waals surface area contributed by atoms with Crippen molar-refractivity contribution in [3.63, 3.8) is 0 Å². The Bertz CT molecular complexity index is 96.4.